The van der Waals surface area contributed by atoms with Crippen molar-refractivity contribution in [2.24, 2.45) is 11.8 Å². The lowest BCUT2D eigenvalue weighted by molar-refractivity contribution is -0.143. The fourth-order valence-electron chi connectivity index (χ4n) is 3.05. The monoisotopic (exact) mass is 332 g/mol. The van der Waals surface area contributed by atoms with E-state index in [1.54, 1.807) is 6.08 Å². The van der Waals surface area contributed by atoms with Gasteiger partial charge in [-0.1, -0.05) is 48.0 Å². The second kappa shape index (κ2) is 6.54. The summed E-state index contributed by atoms with van der Waals surface area (Å²) in [5.74, 6) is -1.68. The molecule has 0 radical (unpaired) electrons. The molecule has 6 heteroatoms. The number of rotatable bonds is 4. The molecule has 1 aliphatic heterocycles. The number of nitrogens with one attached hydrogen (secondary N) is 1. The third-order valence-electron chi connectivity index (χ3n) is 4.29. The summed E-state index contributed by atoms with van der Waals surface area (Å²) in [7, 11) is 0. The maximum absolute atomic E-state index is 12.3. The van der Waals surface area contributed by atoms with E-state index in [1.807, 2.05) is 30.3 Å². The lowest BCUT2D eigenvalue weighted by Crippen LogP contribution is -2.40. The molecule has 5 nitrogen and oxygen atoms in total. The summed E-state index contributed by atoms with van der Waals surface area (Å²) in [5, 5.41) is 3.35. The first-order valence-corrected chi connectivity index (χ1v) is 7.94. The van der Waals surface area contributed by atoms with Crippen LogP contribution in [0.3, 0.4) is 0 Å². The smallest absolute Gasteiger partial charge is 0.240 e. The van der Waals surface area contributed by atoms with Crippen LogP contribution >= 0.6 is 11.6 Å². The minimum absolute atomic E-state index is 0.227. The molecule has 1 aromatic carbocycles. The SMILES string of the molecule is O=C(CN1C(=O)[C@H]2CC=C(Cl)C[C@H]2C1=O)NCc1ccccc1. The predicted octanol–water partition coefficient (Wildman–Crippen LogP) is 1.82. The normalized spacial score (nSPS) is 23.5. The van der Waals surface area contributed by atoms with Crippen LogP contribution in [-0.4, -0.2) is 29.2 Å². The van der Waals surface area contributed by atoms with E-state index in [-0.39, 0.29) is 30.2 Å². The van der Waals surface area contributed by atoms with Crippen molar-refractivity contribution in [1.29, 1.82) is 0 Å². The zero-order valence-corrected chi connectivity index (χ0v) is 13.3. The van der Waals surface area contributed by atoms with Crippen LogP contribution in [0.1, 0.15) is 18.4 Å². The highest BCUT2D eigenvalue weighted by Crippen LogP contribution is 2.38. The first-order chi connectivity index (χ1) is 11.1. The quantitative estimate of drug-likeness (QED) is 0.855. The lowest BCUT2D eigenvalue weighted by Gasteiger charge is -2.17. The molecule has 3 rings (SSSR count). The summed E-state index contributed by atoms with van der Waals surface area (Å²) in [6.45, 7) is 0.144. The van der Waals surface area contributed by atoms with Crippen molar-refractivity contribution in [3.8, 4) is 0 Å². The van der Waals surface area contributed by atoms with Gasteiger partial charge in [-0.2, -0.15) is 0 Å². The summed E-state index contributed by atoms with van der Waals surface area (Å²) in [5.41, 5.74) is 0.963. The zero-order chi connectivity index (χ0) is 16.4. The molecule has 3 amide bonds. The van der Waals surface area contributed by atoms with E-state index < -0.39 is 5.92 Å². The van der Waals surface area contributed by atoms with Crippen molar-refractivity contribution < 1.29 is 14.4 Å². The number of amides is 3. The first-order valence-electron chi connectivity index (χ1n) is 7.56. The van der Waals surface area contributed by atoms with Crippen LogP contribution in [0.4, 0.5) is 0 Å². The van der Waals surface area contributed by atoms with Crippen LogP contribution in [0.15, 0.2) is 41.4 Å². The maximum Gasteiger partial charge on any atom is 0.240 e. The Kier molecular flexibility index (Phi) is 4.48. The molecule has 0 saturated carbocycles. The molecule has 0 bridgehead atoms. The van der Waals surface area contributed by atoms with Gasteiger partial charge in [0.25, 0.3) is 0 Å². The lowest BCUT2D eigenvalue weighted by atomic mass is 9.85. The molecule has 0 spiro atoms. The zero-order valence-electron chi connectivity index (χ0n) is 12.5. The van der Waals surface area contributed by atoms with Crippen LogP contribution < -0.4 is 5.32 Å². The standard InChI is InChI=1S/C17H17ClN2O3/c18-12-6-7-13-14(8-12)17(23)20(16(13)22)10-15(21)19-9-11-4-2-1-3-5-11/h1-6,13-14H,7-10H2,(H,19,21)/t13-,14+/m0/s1. The van der Waals surface area contributed by atoms with E-state index in [2.05, 4.69) is 5.32 Å². The largest absolute Gasteiger partial charge is 0.350 e. The average Bonchev–Trinajstić information content (AvgIpc) is 2.78. The number of allylic oxidation sites excluding steroid dienone is 2. The van der Waals surface area contributed by atoms with Crippen molar-refractivity contribution in [2.45, 2.75) is 19.4 Å². The van der Waals surface area contributed by atoms with Crippen molar-refractivity contribution in [3.05, 3.63) is 47.0 Å². The van der Waals surface area contributed by atoms with Gasteiger partial charge in [0.2, 0.25) is 17.7 Å². The van der Waals surface area contributed by atoms with E-state index in [4.69, 9.17) is 11.6 Å². The summed E-state index contributed by atoms with van der Waals surface area (Å²) >= 11 is 5.97. The summed E-state index contributed by atoms with van der Waals surface area (Å²) in [6.07, 6.45) is 2.64. The Morgan fingerprint density at radius 2 is 1.87 bits per heavy atom. The van der Waals surface area contributed by atoms with E-state index in [0.29, 0.717) is 24.4 Å². The molecule has 1 aromatic rings. The van der Waals surface area contributed by atoms with Crippen LogP contribution in [0, 0.1) is 11.8 Å². The number of halogens is 1. The van der Waals surface area contributed by atoms with Gasteiger partial charge < -0.3 is 5.32 Å². The Morgan fingerprint density at radius 1 is 1.17 bits per heavy atom. The van der Waals surface area contributed by atoms with Gasteiger partial charge in [-0.05, 0) is 18.4 Å². The number of imide groups is 1. The van der Waals surface area contributed by atoms with Crippen LogP contribution in [0.2, 0.25) is 0 Å². The third-order valence-corrected chi connectivity index (χ3v) is 4.60. The van der Waals surface area contributed by atoms with Crippen molar-refractivity contribution in [1.82, 2.24) is 10.2 Å². The van der Waals surface area contributed by atoms with E-state index >= 15 is 0 Å². The summed E-state index contributed by atoms with van der Waals surface area (Å²) < 4.78 is 0. The Bertz CT molecular complexity index is 672. The van der Waals surface area contributed by atoms with Gasteiger partial charge in [-0.15, -0.1) is 0 Å². The van der Waals surface area contributed by atoms with Crippen molar-refractivity contribution in [2.75, 3.05) is 6.54 Å². The highest BCUT2D eigenvalue weighted by Gasteiger charge is 2.48. The number of likely N-dealkylation sites (tertiary alicyclic amines) is 1. The Labute approximate surface area is 139 Å². The molecule has 120 valence electrons. The fraction of sp³-hybridized carbons (Fsp3) is 0.353. The average molecular weight is 333 g/mol. The molecule has 0 aromatic heterocycles. The second-order valence-electron chi connectivity index (χ2n) is 5.83. The van der Waals surface area contributed by atoms with Gasteiger partial charge in [0.05, 0.1) is 11.8 Å². The van der Waals surface area contributed by atoms with Gasteiger partial charge in [0.1, 0.15) is 6.54 Å². The number of nitrogens with zero attached hydrogens (tertiary/aromatic N) is 1. The number of hydrogen-bond acceptors (Lipinski definition) is 3. The number of carbonyl (C=O) groups excluding carboxylic acids is 3. The van der Waals surface area contributed by atoms with Gasteiger partial charge in [-0.3, -0.25) is 19.3 Å². The number of fused-ring (bicyclic) bond motifs is 1. The molecule has 1 N–H and O–H groups in total. The first kappa shape index (κ1) is 15.7. The predicted molar refractivity (Wildman–Crippen MR) is 85.2 cm³/mol. The molecule has 1 aliphatic carbocycles. The molecule has 1 saturated heterocycles. The molecule has 1 heterocycles. The minimum atomic E-state index is -0.415. The molecule has 23 heavy (non-hydrogen) atoms. The number of carbonyl (C=O) groups is 3. The van der Waals surface area contributed by atoms with Crippen molar-refractivity contribution >= 4 is 29.3 Å². The summed E-state index contributed by atoms with van der Waals surface area (Å²) in [4.78, 5) is 37.8. The molecule has 0 unspecified atom stereocenters. The number of hydrogen-bond donors (Lipinski definition) is 1. The third kappa shape index (κ3) is 3.29. The fourth-order valence-corrected chi connectivity index (χ4v) is 3.30. The molecule has 1 fully saturated rings. The van der Waals surface area contributed by atoms with Crippen LogP contribution in [0.5, 0.6) is 0 Å². The van der Waals surface area contributed by atoms with Gasteiger partial charge in [0.15, 0.2) is 0 Å². The van der Waals surface area contributed by atoms with Crippen molar-refractivity contribution in [3.63, 3.8) is 0 Å². The van der Waals surface area contributed by atoms with E-state index in [1.165, 1.54) is 0 Å². The number of benzene rings is 1. The molecule has 2 atom stereocenters. The highest BCUT2D eigenvalue weighted by molar-refractivity contribution is 6.30. The Balaban J connectivity index is 1.59. The minimum Gasteiger partial charge on any atom is -0.350 e. The molecule has 2 aliphatic rings. The van der Waals surface area contributed by atoms with E-state index in [0.717, 1.165) is 10.5 Å². The van der Waals surface area contributed by atoms with Crippen LogP contribution in [0.25, 0.3) is 0 Å². The van der Waals surface area contributed by atoms with Gasteiger partial charge in [0, 0.05) is 11.6 Å². The van der Waals surface area contributed by atoms with Crippen LogP contribution in [-0.2, 0) is 20.9 Å². The maximum atomic E-state index is 12.3. The summed E-state index contributed by atoms with van der Waals surface area (Å²) in [6, 6.07) is 9.46. The topological polar surface area (TPSA) is 66.5 Å². The Morgan fingerprint density at radius 3 is 2.61 bits per heavy atom. The van der Waals surface area contributed by atoms with E-state index in [9.17, 15) is 14.4 Å². The highest BCUT2D eigenvalue weighted by atomic mass is 35.5. The second-order valence-corrected chi connectivity index (χ2v) is 6.31. The Hall–Kier alpha value is -2.14. The van der Waals surface area contributed by atoms with Gasteiger partial charge in [-0.25, -0.2) is 0 Å². The molecular formula is C17H17ClN2O3. The molecular weight excluding hydrogens is 316 g/mol. The van der Waals surface area contributed by atoms with Gasteiger partial charge >= 0.3 is 0 Å².